The number of amides is 1. The van der Waals surface area contributed by atoms with Crippen LogP contribution in [-0.4, -0.2) is 14.3 Å². The van der Waals surface area contributed by atoms with Gasteiger partial charge in [0.2, 0.25) is 5.91 Å². The minimum atomic E-state index is -3.66. The van der Waals surface area contributed by atoms with Crippen molar-refractivity contribution in [3.05, 3.63) is 88.5 Å². The van der Waals surface area contributed by atoms with Crippen molar-refractivity contribution in [1.29, 1.82) is 0 Å². The fourth-order valence-corrected chi connectivity index (χ4v) is 4.57. The summed E-state index contributed by atoms with van der Waals surface area (Å²) in [6, 6.07) is 17.9. The van der Waals surface area contributed by atoms with E-state index in [1.165, 1.54) is 5.56 Å². The van der Waals surface area contributed by atoms with Crippen LogP contribution in [0.4, 0.5) is 11.4 Å². The van der Waals surface area contributed by atoms with E-state index in [-0.39, 0.29) is 10.8 Å². The molecule has 0 aromatic heterocycles. The molecule has 31 heavy (non-hydrogen) atoms. The van der Waals surface area contributed by atoms with Gasteiger partial charge in [0.1, 0.15) is 0 Å². The normalized spacial score (nSPS) is 11.2. The number of hydrogen-bond donors (Lipinski definition) is 2. The Morgan fingerprint density at radius 1 is 0.806 bits per heavy atom. The molecule has 0 atom stereocenters. The van der Waals surface area contributed by atoms with Crippen LogP contribution in [0.3, 0.4) is 0 Å². The lowest BCUT2D eigenvalue weighted by Gasteiger charge is -2.13. The predicted octanol–water partition coefficient (Wildman–Crippen LogP) is 5.29. The Morgan fingerprint density at radius 2 is 1.39 bits per heavy atom. The van der Waals surface area contributed by atoms with Crippen LogP contribution in [0.15, 0.2) is 65.6 Å². The van der Waals surface area contributed by atoms with E-state index in [2.05, 4.69) is 10.0 Å². The lowest BCUT2D eigenvalue weighted by molar-refractivity contribution is -0.116. The molecular weight excluding hydrogens is 408 g/mol. The van der Waals surface area contributed by atoms with E-state index >= 15 is 0 Å². The summed E-state index contributed by atoms with van der Waals surface area (Å²) in [5.41, 5.74) is 6.60. The van der Waals surface area contributed by atoms with Crippen molar-refractivity contribution in [2.75, 3.05) is 10.0 Å². The Kier molecular flexibility index (Phi) is 6.81. The molecule has 3 rings (SSSR count). The summed E-state index contributed by atoms with van der Waals surface area (Å²) in [4.78, 5) is 12.6. The fourth-order valence-electron chi connectivity index (χ4n) is 3.51. The maximum absolute atomic E-state index is 12.6. The van der Waals surface area contributed by atoms with Gasteiger partial charge in [-0.15, -0.1) is 0 Å². The molecule has 0 saturated heterocycles. The number of carbonyl (C=O) groups excluding carboxylic acids is 1. The highest BCUT2D eigenvalue weighted by atomic mass is 32.2. The zero-order valence-corrected chi connectivity index (χ0v) is 19.1. The molecule has 0 aliphatic carbocycles. The molecule has 2 N–H and O–H groups in total. The molecule has 1 amide bonds. The van der Waals surface area contributed by atoms with Crippen molar-refractivity contribution >= 4 is 27.3 Å². The lowest BCUT2D eigenvalue weighted by atomic mass is 10.0. The molecule has 6 heteroatoms. The highest BCUT2D eigenvalue weighted by Crippen LogP contribution is 2.22. The van der Waals surface area contributed by atoms with E-state index in [0.29, 0.717) is 18.5 Å². The molecule has 0 heterocycles. The quantitative estimate of drug-likeness (QED) is 0.528. The van der Waals surface area contributed by atoms with Crippen molar-refractivity contribution < 1.29 is 13.2 Å². The highest BCUT2D eigenvalue weighted by molar-refractivity contribution is 7.92. The Bertz CT molecular complexity index is 1160. The van der Waals surface area contributed by atoms with E-state index in [4.69, 9.17) is 0 Å². The molecular formula is C25H28N2O3S. The Labute approximate surface area is 184 Å². The predicted molar refractivity (Wildman–Crippen MR) is 126 cm³/mol. The van der Waals surface area contributed by atoms with E-state index in [9.17, 15) is 13.2 Å². The number of benzene rings is 3. The Hall–Kier alpha value is -3.12. The SMILES string of the molecule is Cc1ccc(NS(=O)(=O)c2ccc(CCC(=O)Nc3c(C)cc(C)cc3C)cc2)cc1. The van der Waals surface area contributed by atoms with Gasteiger partial charge in [-0.25, -0.2) is 8.42 Å². The van der Waals surface area contributed by atoms with E-state index < -0.39 is 10.0 Å². The largest absolute Gasteiger partial charge is 0.326 e. The number of aryl methyl sites for hydroxylation is 5. The summed E-state index contributed by atoms with van der Waals surface area (Å²) in [5.74, 6) is -0.0622. The third kappa shape index (κ3) is 5.95. The molecule has 0 aliphatic rings. The molecule has 3 aromatic rings. The van der Waals surface area contributed by atoms with Gasteiger partial charge < -0.3 is 5.32 Å². The molecule has 0 spiro atoms. The zero-order chi connectivity index (χ0) is 22.6. The van der Waals surface area contributed by atoms with Crippen molar-refractivity contribution in [2.24, 2.45) is 0 Å². The van der Waals surface area contributed by atoms with Crippen molar-refractivity contribution in [1.82, 2.24) is 0 Å². The first-order chi connectivity index (χ1) is 14.6. The molecule has 0 bridgehead atoms. The van der Waals surface area contributed by atoms with Crippen LogP contribution in [-0.2, 0) is 21.2 Å². The van der Waals surface area contributed by atoms with E-state index in [0.717, 1.165) is 27.9 Å². The highest BCUT2D eigenvalue weighted by Gasteiger charge is 2.14. The van der Waals surface area contributed by atoms with Crippen molar-refractivity contribution in [2.45, 2.75) is 45.4 Å². The van der Waals surface area contributed by atoms with Crippen LogP contribution in [0.1, 0.15) is 34.2 Å². The van der Waals surface area contributed by atoms with Crippen molar-refractivity contribution in [3.8, 4) is 0 Å². The molecule has 162 valence electrons. The van der Waals surface area contributed by atoms with Crippen LogP contribution >= 0.6 is 0 Å². The number of carbonyl (C=O) groups is 1. The van der Waals surface area contributed by atoms with Crippen molar-refractivity contribution in [3.63, 3.8) is 0 Å². The first-order valence-corrected chi connectivity index (χ1v) is 11.7. The van der Waals surface area contributed by atoms with Gasteiger partial charge in [0.05, 0.1) is 4.90 Å². The average Bonchev–Trinajstić information content (AvgIpc) is 2.71. The van der Waals surface area contributed by atoms with Crippen LogP contribution in [0.5, 0.6) is 0 Å². The number of hydrogen-bond acceptors (Lipinski definition) is 3. The summed E-state index contributed by atoms with van der Waals surface area (Å²) >= 11 is 0. The minimum absolute atomic E-state index is 0.0622. The number of nitrogens with one attached hydrogen (secondary N) is 2. The number of rotatable bonds is 7. The van der Waals surface area contributed by atoms with Gasteiger partial charge in [-0.1, -0.05) is 47.5 Å². The smallest absolute Gasteiger partial charge is 0.261 e. The summed E-state index contributed by atoms with van der Waals surface area (Å²) in [5, 5.41) is 3.00. The summed E-state index contributed by atoms with van der Waals surface area (Å²) < 4.78 is 27.7. The van der Waals surface area contributed by atoms with Gasteiger partial charge >= 0.3 is 0 Å². The average molecular weight is 437 g/mol. The van der Waals surface area contributed by atoms with Gasteiger partial charge in [-0.3, -0.25) is 9.52 Å². The molecule has 0 fully saturated rings. The van der Waals surface area contributed by atoms with Gasteiger partial charge in [0.25, 0.3) is 10.0 Å². The number of anilines is 2. The summed E-state index contributed by atoms with van der Waals surface area (Å²) in [6.45, 7) is 7.95. The van der Waals surface area contributed by atoms with Crippen LogP contribution in [0.25, 0.3) is 0 Å². The summed E-state index contributed by atoms with van der Waals surface area (Å²) in [6.07, 6.45) is 0.849. The second-order valence-electron chi connectivity index (χ2n) is 7.94. The molecule has 0 saturated carbocycles. The minimum Gasteiger partial charge on any atom is -0.326 e. The van der Waals surface area contributed by atoms with Gasteiger partial charge in [-0.05, 0) is 75.1 Å². The Morgan fingerprint density at radius 3 is 1.97 bits per heavy atom. The van der Waals surface area contributed by atoms with Gasteiger partial charge in [0, 0.05) is 17.8 Å². The standard InChI is InChI=1S/C25H28N2O3S/c1-17-5-10-22(11-6-17)27-31(29,30)23-12-7-21(8-13-23)9-14-24(28)26-25-19(3)15-18(2)16-20(25)4/h5-8,10-13,15-16,27H,9,14H2,1-4H3,(H,26,28). The summed E-state index contributed by atoms with van der Waals surface area (Å²) in [7, 11) is -3.66. The topological polar surface area (TPSA) is 75.3 Å². The maximum atomic E-state index is 12.6. The van der Waals surface area contributed by atoms with Crippen LogP contribution < -0.4 is 10.0 Å². The van der Waals surface area contributed by atoms with E-state index in [1.807, 2.05) is 52.0 Å². The Balaban J connectivity index is 1.60. The maximum Gasteiger partial charge on any atom is 0.261 e. The molecule has 0 aliphatic heterocycles. The first kappa shape index (κ1) is 22.6. The number of sulfonamides is 1. The van der Waals surface area contributed by atoms with Crippen LogP contribution in [0, 0.1) is 27.7 Å². The molecule has 3 aromatic carbocycles. The third-order valence-corrected chi connectivity index (χ3v) is 6.52. The molecule has 0 unspecified atom stereocenters. The van der Waals surface area contributed by atoms with Crippen LogP contribution in [0.2, 0.25) is 0 Å². The third-order valence-electron chi connectivity index (χ3n) is 5.12. The zero-order valence-electron chi connectivity index (χ0n) is 18.3. The molecule has 0 radical (unpaired) electrons. The first-order valence-electron chi connectivity index (χ1n) is 10.2. The fraction of sp³-hybridized carbons (Fsp3) is 0.240. The second kappa shape index (κ2) is 9.35. The monoisotopic (exact) mass is 436 g/mol. The second-order valence-corrected chi connectivity index (χ2v) is 9.62. The molecule has 5 nitrogen and oxygen atoms in total. The van der Waals surface area contributed by atoms with E-state index in [1.54, 1.807) is 36.4 Å². The lowest BCUT2D eigenvalue weighted by Crippen LogP contribution is -2.15. The van der Waals surface area contributed by atoms with Gasteiger partial charge in [0.15, 0.2) is 0 Å². The van der Waals surface area contributed by atoms with Gasteiger partial charge in [-0.2, -0.15) is 0 Å².